The van der Waals surface area contributed by atoms with Crippen LogP contribution in [0.15, 0.2) is 60.8 Å². The van der Waals surface area contributed by atoms with Crippen molar-refractivity contribution in [3.05, 3.63) is 60.8 Å². The summed E-state index contributed by atoms with van der Waals surface area (Å²) in [5.74, 6) is -0.337. The lowest BCUT2D eigenvalue weighted by Gasteiger charge is -2.20. The number of hydrogen-bond donors (Lipinski definition) is 2. The average Bonchev–Trinajstić information content (AvgIpc) is 3.24. The summed E-state index contributed by atoms with van der Waals surface area (Å²) in [6.45, 7) is 4.77. The number of nitrogens with two attached hydrogens (primary N) is 1. The van der Waals surface area contributed by atoms with E-state index in [0.717, 1.165) is 83.5 Å². The largest absolute Gasteiger partial charge is 0.472 e. The Kier molecular flexibility index (Phi) is 46.8. The summed E-state index contributed by atoms with van der Waals surface area (Å²) in [6, 6.07) is 0. The lowest BCUT2D eigenvalue weighted by atomic mass is 10.0. The third-order valence-electron chi connectivity index (χ3n) is 10.4. The van der Waals surface area contributed by atoms with E-state index < -0.39 is 13.9 Å². The number of carbonyl (C=O) groups excluding carboxylic acids is 1. The number of esters is 1. The van der Waals surface area contributed by atoms with Gasteiger partial charge >= 0.3 is 13.8 Å². The molecule has 0 fully saturated rings. The van der Waals surface area contributed by atoms with Crippen LogP contribution in [0.4, 0.5) is 0 Å². The summed E-state index contributed by atoms with van der Waals surface area (Å²) in [6.07, 6.45) is 59.7. The maximum absolute atomic E-state index is 12.6. The van der Waals surface area contributed by atoms with Gasteiger partial charge in [-0.15, -0.1) is 0 Å². The van der Waals surface area contributed by atoms with Gasteiger partial charge in [0.2, 0.25) is 0 Å². The van der Waals surface area contributed by atoms with Crippen LogP contribution in [0.1, 0.15) is 219 Å². The van der Waals surface area contributed by atoms with Crippen molar-refractivity contribution in [3.63, 3.8) is 0 Å². The maximum atomic E-state index is 12.6. The summed E-state index contributed by atoms with van der Waals surface area (Å²) in [7, 11) is -4.29. The Morgan fingerprint density at radius 2 is 0.933 bits per heavy atom. The predicted molar refractivity (Wildman–Crippen MR) is 256 cm³/mol. The Labute approximate surface area is 370 Å². The van der Waals surface area contributed by atoms with Crippen molar-refractivity contribution in [2.45, 2.75) is 225 Å². The average molecular weight is 864 g/mol. The molecular formula is C51H94NO7P. The molecule has 0 aliphatic heterocycles. The molecule has 0 spiro atoms. The molecule has 0 amide bonds. The van der Waals surface area contributed by atoms with Gasteiger partial charge in [-0.25, -0.2) is 4.57 Å². The number of hydrogen-bond acceptors (Lipinski definition) is 7. The van der Waals surface area contributed by atoms with E-state index in [1.165, 1.54) is 116 Å². The van der Waals surface area contributed by atoms with Crippen molar-refractivity contribution in [2.24, 2.45) is 5.73 Å². The molecule has 0 saturated heterocycles. The van der Waals surface area contributed by atoms with E-state index >= 15 is 0 Å². The zero-order valence-electron chi connectivity index (χ0n) is 38.9. The third-order valence-corrected chi connectivity index (χ3v) is 11.4. The highest BCUT2D eigenvalue weighted by Crippen LogP contribution is 2.43. The Balaban J connectivity index is 4.00. The van der Waals surface area contributed by atoms with Crippen LogP contribution in [0.25, 0.3) is 0 Å². The number of phosphoric acid groups is 1. The molecule has 3 N–H and O–H groups in total. The topological polar surface area (TPSA) is 117 Å². The molecule has 9 heteroatoms. The molecule has 0 radical (unpaired) electrons. The van der Waals surface area contributed by atoms with Crippen molar-refractivity contribution >= 4 is 13.8 Å². The molecule has 0 heterocycles. The first-order valence-corrected chi connectivity index (χ1v) is 26.3. The Hall–Kier alpha value is -1.80. The van der Waals surface area contributed by atoms with E-state index in [0.29, 0.717) is 13.0 Å². The monoisotopic (exact) mass is 864 g/mol. The SMILES string of the molecule is CC/C=C\C/C=C\C/C=C\C/C=C\C/C=C\CCCCCCOCC(COP(=O)(O)OCCN)OC(=O)CCCCCCCCCCCCCCCCCCCCCCC. The number of rotatable bonds is 47. The van der Waals surface area contributed by atoms with E-state index in [4.69, 9.17) is 24.3 Å². The van der Waals surface area contributed by atoms with Crippen molar-refractivity contribution in [2.75, 3.05) is 33.0 Å². The minimum atomic E-state index is -4.29. The second kappa shape index (κ2) is 48.2. The summed E-state index contributed by atoms with van der Waals surface area (Å²) < 4.78 is 33.5. The number of ether oxygens (including phenoxy) is 2. The van der Waals surface area contributed by atoms with Gasteiger partial charge in [0.15, 0.2) is 0 Å². The fraction of sp³-hybridized carbons (Fsp3) is 0.784. The first-order valence-electron chi connectivity index (χ1n) is 24.8. The molecule has 8 nitrogen and oxygen atoms in total. The smallest absolute Gasteiger partial charge is 0.457 e. The van der Waals surface area contributed by atoms with Gasteiger partial charge < -0.3 is 20.1 Å². The molecule has 0 aromatic rings. The van der Waals surface area contributed by atoms with Crippen LogP contribution in [0, 0.1) is 0 Å². The van der Waals surface area contributed by atoms with Gasteiger partial charge in [0.25, 0.3) is 0 Å². The van der Waals surface area contributed by atoms with Gasteiger partial charge in [-0.2, -0.15) is 0 Å². The fourth-order valence-corrected chi connectivity index (χ4v) is 7.61. The van der Waals surface area contributed by atoms with E-state index in [-0.39, 0.29) is 32.3 Å². The van der Waals surface area contributed by atoms with Crippen LogP contribution >= 0.6 is 7.82 Å². The minimum absolute atomic E-state index is 0.0945. The van der Waals surface area contributed by atoms with Gasteiger partial charge in [-0.05, 0) is 57.8 Å². The van der Waals surface area contributed by atoms with E-state index in [1.54, 1.807) is 0 Å². The van der Waals surface area contributed by atoms with Gasteiger partial charge in [0.05, 0.1) is 19.8 Å². The molecule has 0 bridgehead atoms. The lowest BCUT2D eigenvalue weighted by Crippen LogP contribution is -2.28. The molecule has 0 saturated carbocycles. The van der Waals surface area contributed by atoms with Gasteiger partial charge in [0, 0.05) is 19.6 Å². The molecule has 0 aliphatic rings. The number of phosphoric ester groups is 1. The summed E-state index contributed by atoms with van der Waals surface area (Å²) in [5, 5.41) is 0. The minimum Gasteiger partial charge on any atom is -0.457 e. The maximum Gasteiger partial charge on any atom is 0.472 e. The first kappa shape index (κ1) is 58.2. The molecule has 0 aromatic carbocycles. The lowest BCUT2D eigenvalue weighted by molar-refractivity contribution is -0.154. The van der Waals surface area contributed by atoms with Crippen LogP contribution in [0.3, 0.4) is 0 Å². The number of carbonyl (C=O) groups is 1. The van der Waals surface area contributed by atoms with Crippen molar-refractivity contribution in [1.82, 2.24) is 0 Å². The molecule has 2 atom stereocenters. The molecule has 0 rings (SSSR count). The molecule has 0 aliphatic carbocycles. The first-order chi connectivity index (χ1) is 29.4. The van der Waals surface area contributed by atoms with Crippen LogP contribution in [-0.2, 0) is 27.9 Å². The number of unbranched alkanes of at least 4 members (excludes halogenated alkanes) is 24. The summed E-state index contributed by atoms with van der Waals surface area (Å²) in [4.78, 5) is 22.6. The molecular weight excluding hydrogens is 770 g/mol. The summed E-state index contributed by atoms with van der Waals surface area (Å²) >= 11 is 0. The normalized spacial score (nSPS) is 13.9. The highest BCUT2D eigenvalue weighted by Gasteiger charge is 2.25. The number of allylic oxidation sites excluding steroid dienone is 10. The van der Waals surface area contributed by atoms with Gasteiger partial charge in [-0.3, -0.25) is 13.8 Å². The van der Waals surface area contributed by atoms with E-state index in [9.17, 15) is 14.3 Å². The third kappa shape index (κ3) is 47.3. The van der Waals surface area contributed by atoms with Crippen LogP contribution in [-0.4, -0.2) is 49.9 Å². The van der Waals surface area contributed by atoms with Crippen LogP contribution in [0.5, 0.6) is 0 Å². The van der Waals surface area contributed by atoms with E-state index in [1.807, 2.05) is 0 Å². The second-order valence-electron chi connectivity index (χ2n) is 16.3. The molecule has 350 valence electrons. The standard InChI is InChI=1S/C51H94NO7P/c1-3-5-7-9-11-13-15-17-19-21-23-25-26-28-30-32-34-36-38-40-42-44-51(53)59-50(49-58-60(54,55)57-47-45-52)48-56-46-43-41-39-37-35-33-31-29-27-24-22-20-18-16-14-12-10-8-6-4-2/h6,8,12,14,18,20,24,27,31,33,50H,3-5,7,9-11,13,15-17,19,21-23,25-26,28-30,32,34-49,52H2,1-2H3,(H,54,55)/b8-6-,14-12-,20-18-,27-24-,33-31-. The highest BCUT2D eigenvalue weighted by atomic mass is 31.2. The van der Waals surface area contributed by atoms with E-state index in [2.05, 4.69) is 74.6 Å². The van der Waals surface area contributed by atoms with Crippen molar-refractivity contribution in [1.29, 1.82) is 0 Å². The quantitative estimate of drug-likeness (QED) is 0.0269. The summed E-state index contributed by atoms with van der Waals surface area (Å²) in [5.41, 5.74) is 5.38. The van der Waals surface area contributed by atoms with Crippen molar-refractivity contribution < 1.29 is 32.8 Å². The Morgan fingerprint density at radius 1 is 0.517 bits per heavy atom. The highest BCUT2D eigenvalue weighted by molar-refractivity contribution is 7.47. The fourth-order valence-electron chi connectivity index (χ4n) is 6.85. The zero-order chi connectivity index (χ0) is 43.7. The molecule has 0 aromatic heterocycles. The van der Waals surface area contributed by atoms with Crippen molar-refractivity contribution in [3.8, 4) is 0 Å². The Morgan fingerprint density at radius 3 is 1.40 bits per heavy atom. The van der Waals surface area contributed by atoms with Gasteiger partial charge in [-0.1, -0.05) is 216 Å². The van der Waals surface area contributed by atoms with Gasteiger partial charge in [0.1, 0.15) is 6.10 Å². The second-order valence-corrected chi connectivity index (χ2v) is 17.8. The van der Waals surface area contributed by atoms with Crippen LogP contribution < -0.4 is 5.73 Å². The molecule has 60 heavy (non-hydrogen) atoms. The molecule has 2 unspecified atom stereocenters. The van der Waals surface area contributed by atoms with Crippen LogP contribution in [0.2, 0.25) is 0 Å². The Bertz CT molecular complexity index is 1110. The zero-order valence-corrected chi connectivity index (χ0v) is 39.8. The predicted octanol–water partition coefficient (Wildman–Crippen LogP) is 15.3.